The zero-order chi connectivity index (χ0) is 15.7. The van der Waals surface area contributed by atoms with Gasteiger partial charge in [-0.3, -0.25) is 0 Å². The molecule has 24 heavy (non-hydrogen) atoms. The maximum Gasteiger partial charge on any atom is 0.0854 e. The van der Waals surface area contributed by atoms with Crippen LogP contribution in [0.5, 0.6) is 0 Å². The van der Waals surface area contributed by atoms with Crippen molar-refractivity contribution in [2.24, 2.45) is 0 Å². The second kappa shape index (κ2) is 4.39. The topological polar surface area (TPSA) is 3.24 Å². The average Bonchev–Trinajstić information content (AvgIpc) is 3.31. The second-order valence-electron chi connectivity index (χ2n) is 6.86. The van der Waals surface area contributed by atoms with Crippen molar-refractivity contribution in [3.05, 3.63) is 101 Å². The first-order valence-corrected chi connectivity index (χ1v) is 8.72. The van der Waals surface area contributed by atoms with E-state index in [0.717, 1.165) is 12.8 Å². The van der Waals surface area contributed by atoms with Gasteiger partial charge < -0.3 is 4.90 Å². The lowest BCUT2D eigenvalue weighted by atomic mass is 9.78. The third kappa shape index (κ3) is 1.41. The smallest absolute Gasteiger partial charge is 0.0854 e. The number of hydrogen-bond acceptors (Lipinski definition) is 1. The normalized spacial score (nSPS) is 22.3. The summed E-state index contributed by atoms with van der Waals surface area (Å²) in [7, 11) is 0. The molecule has 0 bridgehead atoms. The summed E-state index contributed by atoms with van der Waals surface area (Å²) in [4.78, 5) is 2.57. The first kappa shape index (κ1) is 12.6. The molecular weight excluding hydrogens is 290 g/mol. The molecule has 0 aromatic heterocycles. The first-order chi connectivity index (χ1) is 11.9. The third-order valence-corrected chi connectivity index (χ3v) is 5.72. The number of benzene rings is 2. The molecule has 4 aliphatic rings. The molecule has 1 heteroatoms. The van der Waals surface area contributed by atoms with Crippen LogP contribution in [0.3, 0.4) is 0 Å². The van der Waals surface area contributed by atoms with Gasteiger partial charge in [-0.2, -0.15) is 0 Å². The molecule has 2 aromatic carbocycles. The molecular formula is C23H17N. The second-order valence-corrected chi connectivity index (χ2v) is 6.86. The monoisotopic (exact) mass is 307 g/mol. The predicted octanol–water partition coefficient (Wildman–Crippen LogP) is 5.65. The minimum absolute atomic E-state index is 0.311. The average molecular weight is 307 g/mol. The Labute approximate surface area is 141 Å². The Kier molecular flexibility index (Phi) is 2.30. The molecule has 0 radical (unpaired) electrons. The molecule has 2 heterocycles. The highest BCUT2D eigenvalue weighted by Gasteiger charge is 2.41. The SMILES string of the molecule is C1=CC2=C(C1)c1ccccc1C1C3=CCC=C3c3ccccc3N21. The number of allylic oxidation sites excluding steroid dienone is 5. The number of anilines is 1. The minimum atomic E-state index is 0.311. The molecule has 0 spiro atoms. The molecule has 1 unspecified atom stereocenters. The maximum absolute atomic E-state index is 2.57. The summed E-state index contributed by atoms with van der Waals surface area (Å²) in [5.41, 5.74) is 11.4. The van der Waals surface area contributed by atoms with Crippen LogP contribution >= 0.6 is 0 Å². The summed E-state index contributed by atoms with van der Waals surface area (Å²) in [6.07, 6.45) is 11.5. The van der Waals surface area contributed by atoms with Gasteiger partial charge in [0.1, 0.15) is 0 Å². The van der Waals surface area contributed by atoms with Crippen LogP contribution in [-0.4, -0.2) is 0 Å². The summed E-state index contributed by atoms with van der Waals surface area (Å²) in [5.74, 6) is 0. The van der Waals surface area contributed by atoms with Crippen LogP contribution in [0.25, 0.3) is 11.1 Å². The van der Waals surface area contributed by atoms with Gasteiger partial charge in [-0.25, -0.2) is 0 Å². The van der Waals surface area contributed by atoms with Crippen LogP contribution in [0, 0.1) is 0 Å². The molecule has 0 amide bonds. The number of fused-ring (bicyclic) bond motifs is 10. The van der Waals surface area contributed by atoms with Crippen molar-refractivity contribution in [1.82, 2.24) is 0 Å². The van der Waals surface area contributed by atoms with Gasteiger partial charge in [0, 0.05) is 16.9 Å². The predicted molar refractivity (Wildman–Crippen MR) is 99.5 cm³/mol. The lowest BCUT2D eigenvalue weighted by Gasteiger charge is -2.45. The van der Waals surface area contributed by atoms with Crippen molar-refractivity contribution in [1.29, 1.82) is 0 Å². The summed E-state index contributed by atoms with van der Waals surface area (Å²) in [5, 5.41) is 0. The maximum atomic E-state index is 2.57. The Morgan fingerprint density at radius 3 is 2.67 bits per heavy atom. The molecule has 2 aromatic rings. The van der Waals surface area contributed by atoms with Crippen molar-refractivity contribution in [3.63, 3.8) is 0 Å². The van der Waals surface area contributed by atoms with E-state index >= 15 is 0 Å². The van der Waals surface area contributed by atoms with Crippen LogP contribution in [0.1, 0.15) is 35.6 Å². The number of para-hydroxylation sites is 1. The molecule has 1 nitrogen and oxygen atoms in total. The number of hydrogen-bond donors (Lipinski definition) is 0. The highest BCUT2D eigenvalue weighted by molar-refractivity contribution is 5.98. The number of nitrogens with zero attached hydrogens (tertiary/aromatic N) is 1. The quantitative estimate of drug-likeness (QED) is 0.608. The van der Waals surface area contributed by atoms with Gasteiger partial charge in [0.15, 0.2) is 0 Å². The van der Waals surface area contributed by atoms with Gasteiger partial charge in [0.25, 0.3) is 0 Å². The van der Waals surface area contributed by atoms with E-state index in [9.17, 15) is 0 Å². The van der Waals surface area contributed by atoms with Crippen LogP contribution < -0.4 is 4.90 Å². The molecule has 0 fully saturated rings. The van der Waals surface area contributed by atoms with E-state index in [1.807, 2.05) is 0 Å². The zero-order valence-electron chi connectivity index (χ0n) is 13.4. The van der Waals surface area contributed by atoms with Crippen LogP contribution in [0.2, 0.25) is 0 Å². The van der Waals surface area contributed by atoms with Gasteiger partial charge in [-0.15, -0.1) is 0 Å². The highest BCUT2D eigenvalue weighted by Crippen LogP contribution is 2.56. The van der Waals surface area contributed by atoms with E-state index in [1.54, 1.807) is 0 Å². The lowest BCUT2D eigenvalue weighted by molar-refractivity contribution is 0.770. The molecule has 114 valence electrons. The third-order valence-electron chi connectivity index (χ3n) is 5.72. The largest absolute Gasteiger partial charge is 0.329 e. The fourth-order valence-electron chi connectivity index (χ4n) is 4.80. The summed E-state index contributed by atoms with van der Waals surface area (Å²) in [6, 6.07) is 18.2. The fraction of sp³-hybridized carbons (Fsp3) is 0.130. The standard InChI is InChI=1S/C23H17N/c1-2-9-19-15(7-1)18-11-6-14-22(18)24-21-13-4-3-8-17(21)16-10-5-12-20(16)23(19)24/h1-4,6-10,12-14,23H,5,11H2. The lowest BCUT2D eigenvalue weighted by Crippen LogP contribution is -2.36. The molecule has 2 aliphatic carbocycles. The van der Waals surface area contributed by atoms with Gasteiger partial charge in [-0.05, 0) is 52.8 Å². The van der Waals surface area contributed by atoms with Gasteiger partial charge >= 0.3 is 0 Å². The van der Waals surface area contributed by atoms with Crippen molar-refractivity contribution in [3.8, 4) is 0 Å². The van der Waals surface area contributed by atoms with E-state index in [1.165, 1.54) is 44.8 Å². The Bertz CT molecular complexity index is 1020. The van der Waals surface area contributed by atoms with Crippen molar-refractivity contribution in [2.45, 2.75) is 18.9 Å². The molecule has 0 saturated heterocycles. The van der Waals surface area contributed by atoms with E-state index in [0.29, 0.717) is 6.04 Å². The Hall–Kier alpha value is -2.80. The van der Waals surface area contributed by atoms with E-state index in [-0.39, 0.29) is 0 Å². The van der Waals surface area contributed by atoms with Gasteiger partial charge in [0.2, 0.25) is 0 Å². The van der Waals surface area contributed by atoms with E-state index in [2.05, 4.69) is 77.7 Å². The van der Waals surface area contributed by atoms with Crippen molar-refractivity contribution in [2.75, 3.05) is 4.90 Å². The molecule has 0 N–H and O–H groups in total. The van der Waals surface area contributed by atoms with Gasteiger partial charge in [-0.1, -0.05) is 60.7 Å². The van der Waals surface area contributed by atoms with Crippen molar-refractivity contribution < 1.29 is 0 Å². The van der Waals surface area contributed by atoms with Crippen LogP contribution in [0.15, 0.2) is 84.1 Å². The summed E-state index contributed by atoms with van der Waals surface area (Å²) >= 11 is 0. The number of rotatable bonds is 0. The summed E-state index contributed by atoms with van der Waals surface area (Å²) < 4.78 is 0. The Balaban J connectivity index is 1.74. The molecule has 0 saturated carbocycles. The van der Waals surface area contributed by atoms with E-state index < -0.39 is 0 Å². The first-order valence-electron chi connectivity index (χ1n) is 8.72. The zero-order valence-corrected chi connectivity index (χ0v) is 13.4. The van der Waals surface area contributed by atoms with Crippen LogP contribution in [-0.2, 0) is 0 Å². The van der Waals surface area contributed by atoms with Crippen LogP contribution in [0.4, 0.5) is 5.69 Å². The van der Waals surface area contributed by atoms with E-state index in [4.69, 9.17) is 0 Å². The Morgan fingerprint density at radius 1 is 0.875 bits per heavy atom. The summed E-state index contributed by atoms with van der Waals surface area (Å²) in [6.45, 7) is 0. The molecule has 6 rings (SSSR count). The minimum Gasteiger partial charge on any atom is -0.329 e. The highest BCUT2D eigenvalue weighted by atomic mass is 15.2. The fourth-order valence-corrected chi connectivity index (χ4v) is 4.80. The Morgan fingerprint density at radius 2 is 1.71 bits per heavy atom. The molecule has 1 atom stereocenters. The molecule has 2 aliphatic heterocycles. The van der Waals surface area contributed by atoms with Crippen molar-refractivity contribution >= 4 is 16.8 Å². The van der Waals surface area contributed by atoms with Gasteiger partial charge in [0.05, 0.1) is 6.04 Å².